The zero-order valence-electron chi connectivity index (χ0n) is 17.1. The molecule has 1 spiro atoms. The Labute approximate surface area is 156 Å². The van der Waals surface area contributed by atoms with Crippen LogP contribution < -0.4 is 0 Å². The van der Waals surface area contributed by atoms with Gasteiger partial charge in [0.15, 0.2) is 5.79 Å². The molecule has 7 heteroatoms. The summed E-state index contributed by atoms with van der Waals surface area (Å²) in [7, 11) is 0. The molecule has 2 fully saturated rings. The Morgan fingerprint density at radius 1 is 0.962 bits per heavy atom. The van der Waals surface area contributed by atoms with Gasteiger partial charge < -0.3 is 19.0 Å². The van der Waals surface area contributed by atoms with Gasteiger partial charge in [-0.25, -0.2) is 0 Å². The Bertz CT molecular complexity index is 528. The molecular weight excluding hydrogens is 338 g/mol. The first-order valence-corrected chi connectivity index (χ1v) is 9.26. The van der Waals surface area contributed by atoms with Crippen molar-refractivity contribution >= 4 is 11.9 Å². The summed E-state index contributed by atoms with van der Waals surface area (Å²) in [6.45, 7) is 14.2. The average molecular weight is 371 g/mol. The first-order chi connectivity index (χ1) is 11.9. The Morgan fingerprint density at radius 2 is 1.46 bits per heavy atom. The zero-order valence-corrected chi connectivity index (χ0v) is 17.1. The van der Waals surface area contributed by atoms with E-state index in [9.17, 15) is 9.59 Å². The number of hydrogen-bond donors (Lipinski definition) is 0. The van der Waals surface area contributed by atoms with Gasteiger partial charge in [-0.05, 0) is 34.1 Å². The summed E-state index contributed by atoms with van der Waals surface area (Å²) in [6.07, 6.45) is 1.94. The molecule has 0 atom stereocenters. The quantitative estimate of drug-likeness (QED) is 0.704. The number of rotatable bonds is 4. The Kier molecular flexibility index (Phi) is 5.76. The average Bonchev–Trinajstić information content (AvgIpc) is 2.50. The van der Waals surface area contributed by atoms with E-state index >= 15 is 0 Å². The van der Waals surface area contributed by atoms with Crippen molar-refractivity contribution in [3.8, 4) is 0 Å². The summed E-state index contributed by atoms with van der Waals surface area (Å²) in [6, 6.07) is 0. The van der Waals surface area contributed by atoms with Gasteiger partial charge in [0.25, 0.3) is 0 Å². The lowest BCUT2D eigenvalue weighted by molar-refractivity contribution is -0.375. The first kappa shape index (κ1) is 21.1. The molecule has 150 valence electrons. The highest BCUT2D eigenvalue weighted by Gasteiger charge is 2.58. The lowest BCUT2D eigenvalue weighted by Crippen LogP contribution is -2.68. The van der Waals surface area contributed by atoms with Crippen LogP contribution in [0.3, 0.4) is 0 Å². The molecule has 0 N–H and O–H groups in total. The fourth-order valence-corrected chi connectivity index (χ4v) is 4.22. The molecule has 0 bridgehead atoms. The zero-order chi connectivity index (χ0) is 19.8. The number of ether oxygens (including phenoxy) is 3. The number of hydrogen-bond acceptors (Lipinski definition) is 7. The van der Waals surface area contributed by atoms with E-state index in [1.165, 1.54) is 13.8 Å². The Balaban J connectivity index is 2.15. The maximum Gasteiger partial charge on any atom is 0.322 e. The molecule has 26 heavy (non-hydrogen) atoms. The molecule has 0 aromatic carbocycles. The van der Waals surface area contributed by atoms with Crippen LogP contribution in [-0.4, -0.2) is 53.7 Å². The van der Waals surface area contributed by atoms with E-state index in [4.69, 9.17) is 19.0 Å². The molecule has 0 aliphatic carbocycles. The highest BCUT2D eigenvalue weighted by Crippen LogP contribution is 2.49. The van der Waals surface area contributed by atoms with Gasteiger partial charge in [0.1, 0.15) is 6.61 Å². The minimum absolute atomic E-state index is 0.293. The molecule has 0 amide bonds. The van der Waals surface area contributed by atoms with Crippen molar-refractivity contribution in [2.75, 3.05) is 19.8 Å². The third-order valence-electron chi connectivity index (χ3n) is 5.34. The maximum absolute atomic E-state index is 11.5. The number of piperidine rings is 1. The lowest BCUT2D eigenvalue weighted by Gasteiger charge is -2.58. The van der Waals surface area contributed by atoms with Gasteiger partial charge in [0, 0.05) is 26.7 Å². The second-order valence-corrected chi connectivity index (χ2v) is 8.98. The van der Waals surface area contributed by atoms with Crippen LogP contribution in [0.25, 0.3) is 0 Å². The summed E-state index contributed by atoms with van der Waals surface area (Å²) in [5.74, 6) is -1.37. The standard InChI is InChI=1S/C19H33NO6/c1-8-18(11-23-14(2)21)12-24-19(25-13-18)9-16(4,5)20(26-15(3)22)17(6,7)10-19/h8-13H2,1-7H3. The number of esters is 1. The highest BCUT2D eigenvalue weighted by molar-refractivity contribution is 5.66. The molecule has 0 unspecified atom stereocenters. The van der Waals surface area contributed by atoms with Gasteiger partial charge in [-0.2, -0.15) is 0 Å². The summed E-state index contributed by atoms with van der Waals surface area (Å²) < 4.78 is 17.8. The molecule has 0 aromatic rings. The van der Waals surface area contributed by atoms with Crippen LogP contribution in [0.15, 0.2) is 0 Å². The first-order valence-electron chi connectivity index (χ1n) is 9.26. The molecule has 7 nitrogen and oxygen atoms in total. The largest absolute Gasteiger partial charge is 0.465 e. The summed E-state index contributed by atoms with van der Waals surface area (Å²) in [5.41, 5.74) is -1.22. The van der Waals surface area contributed by atoms with Crippen molar-refractivity contribution in [2.45, 2.75) is 84.6 Å². The van der Waals surface area contributed by atoms with Crippen molar-refractivity contribution in [1.29, 1.82) is 0 Å². The van der Waals surface area contributed by atoms with Gasteiger partial charge in [-0.3, -0.25) is 9.59 Å². The van der Waals surface area contributed by atoms with Gasteiger partial charge in [-0.15, -0.1) is 5.06 Å². The minimum atomic E-state index is -0.738. The van der Waals surface area contributed by atoms with Crippen LogP contribution >= 0.6 is 0 Å². The maximum atomic E-state index is 11.5. The summed E-state index contributed by atoms with van der Waals surface area (Å²) >= 11 is 0. The van der Waals surface area contributed by atoms with Crippen LogP contribution in [0.2, 0.25) is 0 Å². The summed E-state index contributed by atoms with van der Waals surface area (Å²) in [4.78, 5) is 28.2. The summed E-state index contributed by atoms with van der Waals surface area (Å²) in [5, 5.41) is 1.76. The molecule has 2 aliphatic heterocycles. The molecule has 2 rings (SSSR count). The highest BCUT2D eigenvalue weighted by atomic mass is 16.7. The molecule has 2 aliphatic rings. The van der Waals surface area contributed by atoms with E-state index in [0.717, 1.165) is 6.42 Å². The molecule has 0 aromatic heterocycles. The van der Waals surface area contributed by atoms with Crippen LogP contribution in [-0.2, 0) is 28.6 Å². The minimum Gasteiger partial charge on any atom is -0.465 e. The number of carbonyl (C=O) groups is 2. The van der Waals surface area contributed by atoms with E-state index < -0.39 is 16.9 Å². The van der Waals surface area contributed by atoms with Crippen molar-refractivity contribution in [1.82, 2.24) is 5.06 Å². The molecule has 0 saturated carbocycles. The normalized spacial score (nSPS) is 26.3. The number of carbonyl (C=O) groups excluding carboxylic acids is 2. The Morgan fingerprint density at radius 3 is 1.85 bits per heavy atom. The van der Waals surface area contributed by atoms with Crippen LogP contribution in [0.5, 0.6) is 0 Å². The number of nitrogens with zero attached hydrogens (tertiary/aromatic N) is 1. The van der Waals surface area contributed by atoms with E-state index in [1.807, 2.05) is 34.6 Å². The lowest BCUT2D eigenvalue weighted by atomic mass is 9.76. The van der Waals surface area contributed by atoms with Gasteiger partial charge in [0.2, 0.25) is 0 Å². The van der Waals surface area contributed by atoms with Crippen LogP contribution in [0.4, 0.5) is 0 Å². The molecule has 2 saturated heterocycles. The van der Waals surface area contributed by atoms with Crippen molar-refractivity contribution < 1.29 is 28.6 Å². The fraction of sp³-hybridized carbons (Fsp3) is 0.895. The Hall–Kier alpha value is -1.18. The van der Waals surface area contributed by atoms with Gasteiger partial charge in [-0.1, -0.05) is 6.92 Å². The second-order valence-electron chi connectivity index (χ2n) is 8.98. The predicted octanol–water partition coefficient (Wildman–Crippen LogP) is 2.82. The smallest absolute Gasteiger partial charge is 0.322 e. The third-order valence-corrected chi connectivity index (χ3v) is 5.34. The van der Waals surface area contributed by atoms with Crippen molar-refractivity contribution in [3.63, 3.8) is 0 Å². The van der Waals surface area contributed by atoms with E-state index in [1.54, 1.807) is 5.06 Å². The van der Waals surface area contributed by atoms with Gasteiger partial charge in [0.05, 0.1) is 29.7 Å². The monoisotopic (exact) mass is 371 g/mol. The predicted molar refractivity (Wildman–Crippen MR) is 95.0 cm³/mol. The van der Waals surface area contributed by atoms with Crippen molar-refractivity contribution in [3.05, 3.63) is 0 Å². The van der Waals surface area contributed by atoms with E-state index in [2.05, 4.69) is 0 Å². The molecule has 2 heterocycles. The topological polar surface area (TPSA) is 74.3 Å². The fourth-order valence-electron chi connectivity index (χ4n) is 4.22. The van der Waals surface area contributed by atoms with E-state index in [-0.39, 0.29) is 17.4 Å². The second kappa shape index (κ2) is 7.09. The van der Waals surface area contributed by atoms with Crippen LogP contribution in [0.1, 0.15) is 67.7 Å². The SMILES string of the molecule is CCC1(COC(C)=O)COC2(CC(C)(C)N(OC(C)=O)C(C)(C)C2)OC1. The van der Waals surface area contributed by atoms with Crippen LogP contribution in [0, 0.1) is 5.41 Å². The molecule has 0 radical (unpaired) electrons. The van der Waals surface area contributed by atoms with E-state index in [0.29, 0.717) is 32.7 Å². The van der Waals surface area contributed by atoms with Gasteiger partial charge >= 0.3 is 11.9 Å². The van der Waals surface area contributed by atoms with Crippen molar-refractivity contribution in [2.24, 2.45) is 5.41 Å². The molecular formula is C19H33NO6. The third kappa shape index (κ3) is 4.38. The number of hydroxylamine groups is 2.